The first kappa shape index (κ1) is 10.1. The number of ketones is 1. The van der Waals surface area contributed by atoms with Crippen molar-refractivity contribution >= 4 is 18.0 Å². The summed E-state index contributed by atoms with van der Waals surface area (Å²) in [6.07, 6.45) is 1.30. The summed E-state index contributed by atoms with van der Waals surface area (Å²) in [5.74, 6) is -3.43. The first-order valence-electron chi connectivity index (χ1n) is 3.63. The van der Waals surface area contributed by atoms with Crippen LogP contribution in [0.4, 0.5) is 4.39 Å². The van der Waals surface area contributed by atoms with Crippen molar-refractivity contribution in [3.8, 4) is 0 Å². The van der Waals surface area contributed by atoms with Crippen LogP contribution in [0.2, 0.25) is 0 Å². The first-order valence-corrected chi connectivity index (χ1v) is 3.63. The minimum Gasteiger partial charge on any atom is -0.363 e. The van der Waals surface area contributed by atoms with E-state index in [1.807, 2.05) is 0 Å². The van der Waals surface area contributed by atoms with Crippen molar-refractivity contribution in [3.05, 3.63) is 23.3 Å². The van der Waals surface area contributed by atoms with Gasteiger partial charge in [0.05, 0.1) is 5.56 Å². The molecule has 6 heteroatoms. The van der Waals surface area contributed by atoms with Crippen LogP contribution in [0.1, 0.15) is 20.8 Å². The molecule has 1 heterocycles. The second-order valence-corrected chi connectivity index (χ2v) is 2.66. The molecule has 1 aromatic heterocycles. The number of aryl methyl sites for hydroxylation is 1. The average molecular weight is 198 g/mol. The highest BCUT2D eigenvalue weighted by Gasteiger charge is 2.22. The van der Waals surface area contributed by atoms with Gasteiger partial charge in [0.2, 0.25) is 0 Å². The maximum absolute atomic E-state index is 13.2. The molecule has 1 rings (SSSR count). The summed E-state index contributed by atoms with van der Waals surface area (Å²) in [6.45, 7) is 0. The molecule has 2 N–H and O–H groups in total. The quantitative estimate of drug-likeness (QED) is 0.409. The summed E-state index contributed by atoms with van der Waals surface area (Å²) in [6, 6.07) is 0. The molecule has 5 nitrogen and oxygen atoms in total. The van der Waals surface area contributed by atoms with Crippen LogP contribution in [-0.4, -0.2) is 22.5 Å². The van der Waals surface area contributed by atoms with Crippen LogP contribution in [0, 0.1) is 5.82 Å². The minimum atomic E-state index is -1.26. The lowest BCUT2D eigenvalue weighted by molar-refractivity contribution is -0.114. The molecule has 14 heavy (non-hydrogen) atoms. The van der Waals surface area contributed by atoms with Crippen LogP contribution in [0.15, 0.2) is 6.20 Å². The molecule has 0 fully saturated rings. The molecule has 1 amide bonds. The van der Waals surface area contributed by atoms with Gasteiger partial charge in [0.1, 0.15) is 5.69 Å². The zero-order valence-corrected chi connectivity index (χ0v) is 7.28. The van der Waals surface area contributed by atoms with Gasteiger partial charge >= 0.3 is 0 Å². The zero-order valence-electron chi connectivity index (χ0n) is 7.28. The lowest BCUT2D eigenvalue weighted by atomic mass is 10.2. The first-order chi connectivity index (χ1) is 6.49. The van der Waals surface area contributed by atoms with Crippen molar-refractivity contribution in [2.75, 3.05) is 0 Å². The molecule has 0 radical (unpaired) electrons. The number of hydrogen-bond donors (Lipinski definition) is 1. The van der Waals surface area contributed by atoms with Gasteiger partial charge in [0, 0.05) is 13.2 Å². The number of carbonyl (C=O) groups excluding carboxylic acids is 3. The molecule has 0 aliphatic rings. The second kappa shape index (κ2) is 3.41. The smallest absolute Gasteiger partial charge is 0.289 e. The van der Waals surface area contributed by atoms with E-state index in [9.17, 15) is 18.8 Å². The molecule has 0 bridgehead atoms. The predicted octanol–water partition coefficient (Wildman–Crippen LogP) is -0.355. The molecule has 0 saturated heterocycles. The fourth-order valence-electron chi connectivity index (χ4n) is 1.04. The fraction of sp³-hybridized carbons (Fsp3) is 0.125. The van der Waals surface area contributed by atoms with E-state index in [-0.39, 0.29) is 12.0 Å². The zero-order chi connectivity index (χ0) is 10.9. The second-order valence-electron chi connectivity index (χ2n) is 2.66. The minimum absolute atomic E-state index is 0.257. The van der Waals surface area contributed by atoms with Gasteiger partial charge in [-0.3, -0.25) is 14.4 Å². The van der Waals surface area contributed by atoms with Gasteiger partial charge in [-0.1, -0.05) is 0 Å². The third kappa shape index (κ3) is 1.41. The van der Waals surface area contributed by atoms with Crippen LogP contribution in [0.5, 0.6) is 0 Å². The maximum atomic E-state index is 13.2. The van der Waals surface area contributed by atoms with E-state index in [1.54, 1.807) is 0 Å². The number of amides is 1. The van der Waals surface area contributed by atoms with Crippen LogP contribution < -0.4 is 5.73 Å². The normalized spacial score (nSPS) is 9.86. The van der Waals surface area contributed by atoms with Crippen LogP contribution in [0.25, 0.3) is 0 Å². The van der Waals surface area contributed by atoms with Crippen LogP contribution in [-0.2, 0) is 11.8 Å². The Morgan fingerprint density at radius 2 is 2.14 bits per heavy atom. The van der Waals surface area contributed by atoms with Gasteiger partial charge in [0.15, 0.2) is 12.1 Å². The number of aldehydes is 1. The molecular formula is C8H7FN2O3. The number of carbonyl (C=O) groups is 3. The number of primary amides is 1. The summed E-state index contributed by atoms with van der Waals surface area (Å²) in [4.78, 5) is 31.8. The third-order valence-corrected chi connectivity index (χ3v) is 1.74. The predicted molar refractivity (Wildman–Crippen MR) is 44.3 cm³/mol. The lowest BCUT2D eigenvalue weighted by Gasteiger charge is -1.90. The van der Waals surface area contributed by atoms with Gasteiger partial charge in [-0.15, -0.1) is 0 Å². The highest BCUT2D eigenvalue weighted by Crippen LogP contribution is 2.13. The SMILES string of the molecule is Cn1cc(C(=O)C(N)=O)c(F)c1C=O. The summed E-state index contributed by atoms with van der Waals surface area (Å²) < 4.78 is 14.3. The standard InChI is InChI=1S/C8H7FN2O3/c1-11-2-4(7(13)8(10)14)6(9)5(11)3-12/h2-3H,1H3,(H2,10,14). The number of Topliss-reactive ketones (excluding diaryl/α,β-unsaturated/α-hetero) is 1. The Morgan fingerprint density at radius 3 is 2.50 bits per heavy atom. The van der Waals surface area contributed by atoms with E-state index in [1.165, 1.54) is 7.05 Å². The van der Waals surface area contributed by atoms with Crippen molar-refractivity contribution in [1.82, 2.24) is 4.57 Å². The number of hydrogen-bond acceptors (Lipinski definition) is 3. The van der Waals surface area contributed by atoms with Gasteiger partial charge in [-0.05, 0) is 0 Å². The van der Waals surface area contributed by atoms with Crippen molar-refractivity contribution in [2.24, 2.45) is 12.8 Å². The Bertz CT molecular complexity index is 422. The largest absolute Gasteiger partial charge is 0.363 e. The Hall–Kier alpha value is -1.98. The molecule has 0 unspecified atom stereocenters. The molecule has 0 saturated carbocycles. The average Bonchev–Trinajstić information content (AvgIpc) is 2.40. The van der Waals surface area contributed by atoms with E-state index in [2.05, 4.69) is 5.73 Å². The molecule has 0 atom stereocenters. The van der Waals surface area contributed by atoms with Crippen molar-refractivity contribution < 1.29 is 18.8 Å². The van der Waals surface area contributed by atoms with E-state index in [0.29, 0.717) is 0 Å². The van der Waals surface area contributed by atoms with E-state index in [4.69, 9.17) is 0 Å². The number of nitrogens with zero attached hydrogens (tertiary/aromatic N) is 1. The maximum Gasteiger partial charge on any atom is 0.289 e. The fourth-order valence-corrected chi connectivity index (χ4v) is 1.04. The van der Waals surface area contributed by atoms with Crippen LogP contribution >= 0.6 is 0 Å². The number of aromatic nitrogens is 1. The van der Waals surface area contributed by atoms with E-state index < -0.39 is 23.1 Å². The summed E-state index contributed by atoms with van der Waals surface area (Å²) in [5.41, 5.74) is 3.90. The van der Waals surface area contributed by atoms with E-state index in [0.717, 1.165) is 10.8 Å². The molecule has 0 aliphatic carbocycles. The molecule has 0 spiro atoms. The summed E-state index contributed by atoms with van der Waals surface area (Å²) >= 11 is 0. The Kier molecular flexibility index (Phi) is 2.46. The molecule has 74 valence electrons. The molecule has 0 aromatic carbocycles. The molecule has 1 aromatic rings. The van der Waals surface area contributed by atoms with Gasteiger partial charge in [-0.2, -0.15) is 0 Å². The topological polar surface area (TPSA) is 82.2 Å². The van der Waals surface area contributed by atoms with Crippen molar-refractivity contribution in [3.63, 3.8) is 0 Å². The highest BCUT2D eigenvalue weighted by atomic mass is 19.1. The van der Waals surface area contributed by atoms with Crippen LogP contribution in [0.3, 0.4) is 0 Å². The Balaban J connectivity index is 3.31. The van der Waals surface area contributed by atoms with E-state index >= 15 is 0 Å². The Morgan fingerprint density at radius 1 is 1.57 bits per heavy atom. The van der Waals surface area contributed by atoms with Crippen molar-refractivity contribution in [1.29, 1.82) is 0 Å². The number of rotatable bonds is 3. The van der Waals surface area contributed by atoms with Gasteiger partial charge < -0.3 is 10.3 Å². The Labute approximate surface area is 78.3 Å². The molecular weight excluding hydrogens is 191 g/mol. The monoisotopic (exact) mass is 198 g/mol. The van der Waals surface area contributed by atoms with Gasteiger partial charge in [0.25, 0.3) is 11.7 Å². The van der Waals surface area contributed by atoms with Crippen molar-refractivity contribution in [2.45, 2.75) is 0 Å². The van der Waals surface area contributed by atoms with Gasteiger partial charge in [-0.25, -0.2) is 4.39 Å². The highest BCUT2D eigenvalue weighted by molar-refractivity contribution is 6.42. The summed E-state index contributed by atoms with van der Waals surface area (Å²) in [7, 11) is 1.38. The lowest BCUT2D eigenvalue weighted by Crippen LogP contribution is -2.23. The summed E-state index contributed by atoms with van der Waals surface area (Å²) in [5, 5.41) is 0. The number of halogens is 1. The number of nitrogens with two attached hydrogens (primary N) is 1. The third-order valence-electron chi connectivity index (χ3n) is 1.74. The molecule has 0 aliphatic heterocycles.